The van der Waals surface area contributed by atoms with Crippen molar-refractivity contribution < 1.29 is 37.2 Å². The van der Waals surface area contributed by atoms with E-state index in [9.17, 15) is 9.90 Å². The molecule has 0 unspecified atom stereocenters. The maximum Gasteiger partial charge on any atom is 1.00 e. The van der Waals surface area contributed by atoms with Gasteiger partial charge in [-0.05, 0) is 12.6 Å². The van der Waals surface area contributed by atoms with Crippen LogP contribution in [0.1, 0.15) is 25.7 Å². The zero-order chi connectivity index (χ0) is 15.3. The van der Waals surface area contributed by atoms with Crippen molar-refractivity contribution in [3.05, 3.63) is 35.9 Å². The van der Waals surface area contributed by atoms with Gasteiger partial charge in [0, 0.05) is 24.9 Å². The number of esters is 1. The van der Waals surface area contributed by atoms with Gasteiger partial charge in [-0.3, -0.25) is 9.69 Å². The van der Waals surface area contributed by atoms with Crippen LogP contribution in [0.15, 0.2) is 30.3 Å². The zero-order valence-electron chi connectivity index (χ0n) is 15.1. The lowest BCUT2D eigenvalue weighted by molar-refractivity contribution is -0.156. The van der Waals surface area contributed by atoms with E-state index in [2.05, 4.69) is 11.9 Å². The number of carbonyl (C=O) groups excluding carboxylic acids is 1. The molecule has 0 saturated carbocycles. The highest BCUT2D eigenvalue weighted by Crippen LogP contribution is 2.48. The molecule has 3 saturated heterocycles. The molecule has 3 fully saturated rings. The second-order valence-electron chi connectivity index (χ2n) is 6.54. The summed E-state index contributed by atoms with van der Waals surface area (Å²) >= 11 is 0. The quantitative estimate of drug-likeness (QED) is 0.515. The summed E-state index contributed by atoms with van der Waals surface area (Å²) in [7, 11) is 2.13. The number of piperidine rings is 1. The van der Waals surface area contributed by atoms with E-state index >= 15 is 0 Å². The summed E-state index contributed by atoms with van der Waals surface area (Å²) < 4.78 is 11.4. The molecule has 1 aromatic rings. The number of aliphatic hydroxyl groups is 1. The molecule has 8 heteroatoms. The largest absolute Gasteiger partial charge is 1.00 e. The molecule has 0 spiro atoms. The number of fused-ring (bicyclic) bond motifs is 5. The third-order valence-corrected chi connectivity index (χ3v) is 5.33. The van der Waals surface area contributed by atoms with Gasteiger partial charge in [0.05, 0.1) is 6.61 Å². The number of benzene rings is 1. The lowest BCUT2D eigenvalue weighted by Gasteiger charge is -2.38. The van der Waals surface area contributed by atoms with Crippen molar-refractivity contribution in [1.82, 2.24) is 4.90 Å². The third-order valence-electron chi connectivity index (χ3n) is 5.33. The lowest BCUT2D eigenvalue weighted by atomic mass is 9.97. The summed E-state index contributed by atoms with van der Waals surface area (Å²) in [6.07, 6.45) is 2.26. The molecule has 3 aliphatic rings. The Balaban J connectivity index is 0.00000156. The van der Waals surface area contributed by atoms with E-state index in [1.807, 2.05) is 30.3 Å². The first-order chi connectivity index (χ1) is 10.7. The minimum absolute atomic E-state index is 0. The predicted molar refractivity (Wildman–Crippen MR) is 91.3 cm³/mol. The van der Waals surface area contributed by atoms with Crippen molar-refractivity contribution in [3.63, 3.8) is 0 Å². The molecular formula is C17H28NO7+. The molecule has 142 valence electrons. The molecule has 7 N–H and O–H groups in total. The Kier molecular flexibility index (Phi) is 7.07. The van der Waals surface area contributed by atoms with E-state index in [4.69, 9.17) is 9.47 Å². The molecule has 3 heterocycles. The highest BCUT2D eigenvalue weighted by Gasteiger charge is 2.62. The van der Waals surface area contributed by atoms with Gasteiger partial charge in [0.2, 0.25) is 0 Å². The van der Waals surface area contributed by atoms with Crippen LogP contribution in [-0.2, 0) is 14.3 Å². The Bertz CT molecular complexity index is 557. The maximum atomic E-state index is 12.4. The number of hydrogen-bond acceptors (Lipinski definition) is 5. The summed E-state index contributed by atoms with van der Waals surface area (Å²) in [5.74, 6) is -0.915. The highest BCUT2D eigenvalue weighted by molar-refractivity contribution is 5.78. The van der Waals surface area contributed by atoms with Gasteiger partial charge in [-0.15, -0.1) is 0 Å². The molecule has 0 radical (unpaired) electrons. The molecule has 2 bridgehead atoms. The first kappa shape index (κ1) is 21.5. The number of morpholine rings is 1. The monoisotopic (exact) mass is 358 g/mol. The number of aliphatic hydroxyl groups excluding tert-OH is 1. The minimum Gasteiger partial charge on any atom is -0.462 e. The van der Waals surface area contributed by atoms with Crippen molar-refractivity contribution in [2.45, 2.75) is 49.2 Å². The summed E-state index contributed by atoms with van der Waals surface area (Å²) in [6.45, 7) is -0.226. The number of epoxide rings is 1. The fourth-order valence-corrected chi connectivity index (χ4v) is 4.04. The van der Waals surface area contributed by atoms with Crippen LogP contribution in [0.3, 0.4) is 0 Å². The number of carbonyl (C=O) groups is 1. The molecule has 6 atom stereocenters. The fraction of sp³-hybridized carbons (Fsp3) is 0.588. The van der Waals surface area contributed by atoms with Gasteiger partial charge in [-0.25, -0.2) is 0 Å². The Morgan fingerprint density at radius 2 is 1.80 bits per heavy atom. The number of nitrogens with zero attached hydrogens (tertiary/aromatic N) is 1. The van der Waals surface area contributed by atoms with Gasteiger partial charge >= 0.3 is 7.40 Å². The van der Waals surface area contributed by atoms with Crippen LogP contribution in [0.25, 0.3) is 0 Å². The number of likely N-dealkylation sites (N-methyl/N-ethyl adjacent to an activating group) is 1. The second kappa shape index (κ2) is 8.22. The van der Waals surface area contributed by atoms with Crippen molar-refractivity contribution in [2.75, 3.05) is 13.7 Å². The van der Waals surface area contributed by atoms with Crippen LogP contribution in [0.4, 0.5) is 0 Å². The second-order valence-corrected chi connectivity index (χ2v) is 6.54. The van der Waals surface area contributed by atoms with Crippen molar-refractivity contribution in [3.8, 4) is 0 Å². The van der Waals surface area contributed by atoms with Crippen LogP contribution in [0, 0.1) is 0 Å². The van der Waals surface area contributed by atoms with E-state index in [-0.39, 0.29) is 36.5 Å². The fourth-order valence-electron chi connectivity index (χ4n) is 4.04. The molecule has 0 amide bonds. The average molecular weight is 358 g/mol. The summed E-state index contributed by atoms with van der Waals surface area (Å²) in [4.78, 5) is 14.8. The van der Waals surface area contributed by atoms with E-state index in [1.54, 1.807) is 0 Å². The van der Waals surface area contributed by atoms with Crippen LogP contribution in [0.5, 0.6) is 0 Å². The van der Waals surface area contributed by atoms with E-state index in [0.717, 1.165) is 18.4 Å². The Hall–Kier alpha value is -1.55. The third kappa shape index (κ3) is 3.69. The summed E-state index contributed by atoms with van der Waals surface area (Å²) in [6, 6.07) is 10.1. The Morgan fingerprint density at radius 1 is 1.24 bits per heavy atom. The normalized spacial score (nSPS) is 33.0. The maximum absolute atomic E-state index is 12.4. The predicted octanol–water partition coefficient (Wildman–Crippen LogP) is -1.44. The number of hydrogen-bond donors (Lipinski definition) is 1. The molecule has 8 nitrogen and oxygen atoms in total. The molecule has 3 aliphatic heterocycles. The number of ether oxygens (including phenoxy) is 2. The first-order valence-corrected chi connectivity index (χ1v) is 7.92. The van der Waals surface area contributed by atoms with Crippen LogP contribution >= 0.6 is 0 Å². The van der Waals surface area contributed by atoms with E-state index < -0.39 is 5.92 Å². The van der Waals surface area contributed by atoms with Gasteiger partial charge in [0.25, 0.3) is 0 Å². The highest BCUT2D eigenvalue weighted by atomic mass is 16.6. The van der Waals surface area contributed by atoms with Gasteiger partial charge in [0.1, 0.15) is 24.2 Å². The van der Waals surface area contributed by atoms with Crippen molar-refractivity contribution in [1.29, 1.82) is 0 Å². The lowest BCUT2D eigenvalue weighted by Crippen LogP contribution is -2.48. The summed E-state index contributed by atoms with van der Waals surface area (Å²) in [5.41, 5.74) is 0.803. The molecule has 0 aromatic heterocycles. The first-order valence-electron chi connectivity index (χ1n) is 7.92. The Morgan fingerprint density at radius 3 is 2.32 bits per heavy atom. The van der Waals surface area contributed by atoms with Crippen molar-refractivity contribution >= 4 is 5.97 Å². The molecule has 25 heavy (non-hydrogen) atoms. The van der Waals surface area contributed by atoms with Gasteiger partial charge in [-0.2, -0.15) is 0 Å². The van der Waals surface area contributed by atoms with Crippen molar-refractivity contribution in [2.24, 2.45) is 0 Å². The summed E-state index contributed by atoms with van der Waals surface area (Å²) in [5, 5.41) is 9.56. The van der Waals surface area contributed by atoms with E-state index in [0.29, 0.717) is 24.3 Å². The molecule has 0 aliphatic carbocycles. The Labute approximate surface area is 147 Å². The number of rotatable bonds is 4. The van der Waals surface area contributed by atoms with Gasteiger partial charge < -0.3 is 31.0 Å². The topological polar surface area (TPSA) is 157 Å². The molecular weight excluding hydrogens is 330 g/mol. The minimum atomic E-state index is -0.593. The standard InChI is InChI=1S/C17H21NO4.3H2O/c1-18-13-7-11(8-14(18)16-15(13)22-16)21-17(20)12(9-19)10-5-3-2-4-6-10;;;/h2-6,11-16,19H,7-9H2,1H3;3*1H2/p+1/t11-,12-,13-,14+,15-,16+;;;/m1.../s1. The average Bonchev–Trinajstić information content (AvgIpc) is 3.27. The van der Waals surface area contributed by atoms with Gasteiger partial charge in [0.15, 0.2) is 0 Å². The SMILES string of the molecule is CN1[C@@H]2C[C@@H](OC(=O)[C@H](CO)c3ccccc3)C[C@H]1[C@@H]1O[C@@H]12.O.O.O.[H+]. The van der Waals surface area contributed by atoms with Crippen LogP contribution in [0.2, 0.25) is 0 Å². The van der Waals surface area contributed by atoms with Gasteiger partial charge in [-0.1, -0.05) is 30.3 Å². The molecule has 1 aromatic carbocycles. The van der Waals surface area contributed by atoms with E-state index in [1.165, 1.54) is 0 Å². The van der Waals surface area contributed by atoms with Crippen LogP contribution < -0.4 is 0 Å². The smallest absolute Gasteiger partial charge is 0.462 e. The zero-order valence-corrected chi connectivity index (χ0v) is 14.1. The molecule has 4 rings (SSSR count). The van der Waals surface area contributed by atoms with Crippen LogP contribution in [-0.4, -0.2) is 76.5 Å².